The quantitative estimate of drug-likeness (QED) is 0.461. The van der Waals surface area contributed by atoms with E-state index < -0.39 is 0 Å². The van der Waals surface area contributed by atoms with E-state index >= 15 is 0 Å². The second-order valence-corrected chi connectivity index (χ2v) is 6.93. The van der Waals surface area contributed by atoms with Crippen LogP contribution in [0.3, 0.4) is 0 Å². The molecule has 0 spiro atoms. The number of carbonyl (C=O) groups excluding carboxylic acids is 1. The van der Waals surface area contributed by atoms with E-state index in [4.69, 9.17) is 0 Å². The molecule has 1 aromatic heterocycles. The molecule has 22 heavy (non-hydrogen) atoms. The first-order valence-electron chi connectivity index (χ1n) is 6.91. The number of para-hydroxylation sites is 1. The first kappa shape index (κ1) is 15.3. The van der Waals surface area contributed by atoms with E-state index in [-0.39, 0.29) is 5.78 Å². The number of thioether (sulfide) groups is 1. The number of aryl methyl sites for hydroxylation is 1. The van der Waals surface area contributed by atoms with Crippen molar-refractivity contribution in [3.63, 3.8) is 0 Å². The van der Waals surface area contributed by atoms with Gasteiger partial charge < -0.3 is 0 Å². The molecule has 0 N–H and O–H groups in total. The van der Waals surface area contributed by atoms with Crippen molar-refractivity contribution in [2.24, 2.45) is 0 Å². The van der Waals surface area contributed by atoms with Gasteiger partial charge in [0.25, 0.3) is 0 Å². The molecule has 0 amide bonds. The van der Waals surface area contributed by atoms with Crippen molar-refractivity contribution in [2.45, 2.75) is 11.8 Å². The van der Waals surface area contributed by atoms with Crippen LogP contribution in [0.15, 0.2) is 64.0 Å². The highest BCUT2D eigenvalue weighted by molar-refractivity contribution is 9.10. The van der Waals surface area contributed by atoms with Gasteiger partial charge in [-0.2, -0.15) is 0 Å². The molecule has 0 aliphatic heterocycles. The van der Waals surface area contributed by atoms with Gasteiger partial charge >= 0.3 is 0 Å². The molecule has 0 bridgehead atoms. The van der Waals surface area contributed by atoms with Crippen molar-refractivity contribution < 1.29 is 4.79 Å². The van der Waals surface area contributed by atoms with E-state index in [1.54, 1.807) is 11.8 Å². The van der Waals surface area contributed by atoms with Gasteiger partial charge in [0, 0.05) is 26.0 Å². The Balaban J connectivity index is 1.80. The molecule has 1 heterocycles. The first-order valence-corrected chi connectivity index (χ1v) is 8.69. The van der Waals surface area contributed by atoms with Crippen molar-refractivity contribution in [3.05, 3.63) is 70.3 Å². The van der Waals surface area contributed by atoms with Gasteiger partial charge in [0.15, 0.2) is 5.78 Å². The summed E-state index contributed by atoms with van der Waals surface area (Å²) in [5, 5.41) is 1.10. The molecule has 0 saturated heterocycles. The molecule has 0 saturated carbocycles. The standard InChI is InChI=1S/C18H14BrNOS/c1-12-5-6-14-3-2-4-17(18(14)20-12)22-11-16(21)13-7-9-15(19)10-8-13/h2-10H,11H2,1H3. The largest absolute Gasteiger partial charge is 0.293 e. The van der Waals surface area contributed by atoms with Crippen LogP contribution in [0.1, 0.15) is 16.1 Å². The lowest BCUT2D eigenvalue weighted by molar-refractivity contribution is 0.102. The summed E-state index contributed by atoms with van der Waals surface area (Å²) in [5.41, 5.74) is 2.69. The lowest BCUT2D eigenvalue weighted by Crippen LogP contribution is -2.02. The second kappa shape index (κ2) is 6.63. The zero-order valence-corrected chi connectivity index (χ0v) is 14.4. The summed E-state index contributed by atoms with van der Waals surface area (Å²) in [6.45, 7) is 1.98. The Morgan fingerprint density at radius 1 is 1.09 bits per heavy atom. The number of benzene rings is 2. The van der Waals surface area contributed by atoms with Crippen LogP contribution in [-0.4, -0.2) is 16.5 Å². The number of hydrogen-bond donors (Lipinski definition) is 0. The molecule has 2 nitrogen and oxygen atoms in total. The molecule has 0 aliphatic rings. The van der Waals surface area contributed by atoms with E-state index in [1.165, 1.54) is 0 Å². The summed E-state index contributed by atoms with van der Waals surface area (Å²) in [7, 11) is 0. The highest BCUT2D eigenvalue weighted by atomic mass is 79.9. The molecule has 3 rings (SSSR count). The van der Waals surface area contributed by atoms with Crippen LogP contribution >= 0.6 is 27.7 Å². The van der Waals surface area contributed by atoms with Crippen LogP contribution < -0.4 is 0 Å². The SMILES string of the molecule is Cc1ccc2cccc(SCC(=O)c3ccc(Br)cc3)c2n1. The van der Waals surface area contributed by atoms with E-state index in [0.29, 0.717) is 5.75 Å². The fourth-order valence-corrected chi connectivity index (χ4v) is 3.39. The number of rotatable bonds is 4. The van der Waals surface area contributed by atoms with Gasteiger partial charge in [-0.3, -0.25) is 9.78 Å². The van der Waals surface area contributed by atoms with Crippen LogP contribution in [-0.2, 0) is 0 Å². The maximum Gasteiger partial charge on any atom is 0.173 e. The highest BCUT2D eigenvalue weighted by Gasteiger charge is 2.09. The van der Waals surface area contributed by atoms with Crippen LogP contribution in [0.4, 0.5) is 0 Å². The summed E-state index contributed by atoms with van der Waals surface area (Å²) in [6.07, 6.45) is 0. The second-order valence-electron chi connectivity index (χ2n) is 5.00. The average Bonchev–Trinajstić information content (AvgIpc) is 2.53. The minimum absolute atomic E-state index is 0.127. The number of hydrogen-bond acceptors (Lipinski definition) is 3. The minimum atomic E-state index is 0.127. The Bertz CT molecular complexity index is 830. The van der Waals surface area contributed by atoms with Crippen molar-refractivity contribution >= 4 is 44.4 Å². The van der Waals surface area contributed by atoms with Crippen molar-refractivity contribution in [1.29, 1.82) is 0 Å². The Kier molecular flexibility index (Phi) is 4.60. The molecule has 0 unspecified atom stereocenters. The number of halogens is 1. The van der Waals surface area contributed by atoms with Gasteiger partial charge in [0.05, 0.1) is 11.3 Å². The topological polar surface area (TPSA) is 30.0 Å². The predicted molar refractivity (Wildman–Crippen MR) is 95.7 cm³/mol. The molecule has 0 aliphatic carbocycles. The van der Waals surface area contributed by atoms with Gasteiger partial charge in [-0.25, -0.2) is 0 Å². The number of Topliss-reactive ketones (excluding diaryl/α,β-unsaturated/α-hetero) is 1. The molecule has 0 fully saturated rings. The lowest BCUT2D eigenvalue weighted by atomic mass is 10.2. The first-order chi connectivity index (χ1) is 10.6. The smallest absolute Gasteiger partial charge is 0.173 e. The summed E-state index contributed by atoms with van der Waals surface area (Å²) in [5.74, 6) is 0.540. The number of nitrogens with zero attached hydrogens (tertiary/aromatic N) is 1. The van der Waals surface area contributed by atoms with E-state index in [0.717, 1.165) is 31.5 Å². The third-order valence-electron chi connectivity index (χ3n) is 3.35. The Labute approximate surface area is 142 Å². The zero-order chi connectivity index (χ0) is 15.5. The van der Waals surface area contributed by atoms with Gasteiger partial charge in [-0.05, 0) is 31.2 Å². The average molecular weight is 372 g/mol. The summed E-state index contributed by atoms with van der Waals surface area (Å²) in [6, 6.07) is 17.6. The van der Waals surface area contributed by atoms with Crippen molar-refractivity contribution in [2.75, 3.05) is 5.75 Å². The number of carbonyl (C=O) groups is 1. The molecule has 3 aromatic rings. The van der Waals surface area contributed by atoms with Crippen LogP contribution in [0.5, 0.6) is 0 Å². The third kappa shape index (κ3) is 3.39. The third-order valence-corrected chi connectivity index (χ3v) is 4.92. The Morgan fingerprint density at radius 2 is 1.86 bits per heavy atom. The lowest BCUT2D eigenvalue weighted by Gasteiger charge is -2.06. The maximum absolute atomic E-state index is 12.3. The summed E-state index contributed by atoms with van der Waals surface area (Å²) < 4.78 is 0.977. The molecule has 110 valence electrons. The summed E-state index contributed by atoms with van der Waals surface area (Å²) >= 11 is 4.92. The monoisotopic (exact) mass is 371 g/mol. The number of pyridine rings is 1. The van der Waals surface area contributed by atoms with Crippen LogP contribution in [0.25, 0.3) is 10.9 Å². The van der Waals surface area contributed by atoms with Crippen molar-refractivity contribution in [3.8, 4) is 0 Å². The Hall–Kier alpha value is -1.65. The van der Waals surface area contributed by atoms with Gasteiger partial charge in [0.1, 0.15) is 0 Å². The van der Waals surface area contributed by atoms with Gasteiger partial charge in [-0.1, -0.05) is 46.3 Å². The van der Waals surface area contributed by atoms with Crippen LogP contribution in [0.2, 0.25) is 0 Å². The Morgan fingerprint density at radius 3 is 2.64 bits per heavy atom. The number of aromatic nitrogens is 1. The molecule has 4 heteroatoms. The van der Waals surface area contributed by atoms with Crippen LogP contribution in [0, 0.1) is 6.92 Å². The van der Waals surface area contributed by atoms with Gasteiger partial charge in [-0.15, -0.1) is 11.8 Å². The number of ketones is 1. The van der Waals surface area contributed by atoms with Crippen molar-refractivity contribution in [1.82, 2.24) is 4.98 Å². The predicted octanol–water partition coefficient (Wildman–Crippen LogP) is 5.28. The normalized spacial score (nSPS) is 10.8. The molecular weight excluding hydrogens is 358 g/mol. The summed E-state index contributed by atoms with van der Waals surface area (Å²) in [4.78, 5) is 17.9. The van der Waals surface area contributed by atoms with E-state index in [1.807, 2.05) is 55.5 Å². The molecule has 2 aromatic carbocycles. The number of fused-ring (bicyclic) bond motifs is 1. The minimum Gasteiger partial charge on any atom is -0.293 e. The molecule has 0 radical (unpaired) electrons. The highest BCUT2D eigenvalue weighted by Crippen LogP contribution is 2.27. The maximum atomic E-state index is 12.3. The van der Waals surface area contributed by atoms with E-state index in [9.17, 15) is 4.79 Å². The molecule has 0 atom stereocenters. The van der Waals surface area contributed by atoms with Gasteiger partial charge in [0.2, 0.25) is 0 Å². The fourth-order valence-electron chi connectivity index (χ4n) is 2.20. The van der Waals surface area contributed by atoms with E-state index in [2.05, 4.69) is 27.0 Å². The molecular formula is C18H14BrNOS. The fraction of sp³-hybridized carbons (Fsp3) is 0.111. The zero-order valence-electron chi connectivity index (χ0n) is 12.0.